The molecule has 0 spiro atoms. The van der Waals surface area contributed by atoms with Gasteiger partial charge in [0.2, 0.25) is 0 Å². The standard InChI is InChI=1S/C21H27N3O3/c1-2-3-4-9-17-19(16-8-5-6-10-18(16)25)24(21(27)20(17)26)13-7-12-23-14-11-22-15-23/h5-6,8,10-11,14-15,19,25-26H,2-4,7,9,12-13H2,1H3. The fraction of sp³-hybridized carbons (Fsp3) is 0.429. The number of hydrogen-bond acceptors (Lipinski definition) is 4. The van der Waals surface area contributed by atoms with Gasteiger partial charge in [-0.15, -0.1) is 0 Å². The highest BCUT2D eigenvalue weighted by atomic mass is 16.3. The van der Waals surface area contributed by atoms with Crippen molar-refractivity contribution in [2.45, 2.75) is 51.6 Å². The molecule has 2 heterocycles. The summed E-state index contributed by atoms with van der Waals surface area (Å²) in [4.78, 5) is 18.5. The zero-order valence-corrected chi connectivity index (χ0v) is 15.7. The van der Waals surface area contributed by atoms with Gasteiger partial charge < -0.3 is 19.7 Å². The summed E-state index contributed by atoms with van der Waals surface area (Å²) in [5, 5.41) is 20.9. The molecule has 1 aliphatic heterocycles. The molecule has 0 fully saturated rings. The molecule has 1 aromatic carbocycles. The van der Waals surface area contributed by atoms with E-state index in [-0.39, 0.29) is 17.4 Å². The molecule has 0 saturated heterocycles. The third-order valence-corrected chi connectivity index (χ3v) is 5.06. The van der Waals surface area contributed by atoms with Gasteiger partial charge >= 0.3 is 0 Å². The zero-order valence-electron chi connectivity index (χ0n) is 15.7. The largest absolute Gasteiger partial charge is 0.508 e. The fourth-order valence-electron chi connectivity index (χ4n) is 3.68. The molecule has 6 heteroatoms. The van der Waals surface area contributed by atoms with Crippen LogP contribution < -0.4 is 0 Å². The van der Waals surface area contributed by atoms with E-state index in [9.17, 15) is 15.0 Å². The number of aromatic nitrogens is 2. The summed E-state index contributed by atoms with van der Waals surface area (Å²) >= 11 is 0. The quantitative estimate of drug-likeness (QED) is 0.656. The van der Waals surface area contributed by atoms with E-state index in [4.69, 9.17) is 0 Å². The molecule has 1 aromatic heterocycles. The predicted octanol–water partition coefficient (Wildman–Crippen LogP) is 3.95. The number of aromatic hydroxyl groups is 1. The third-order valence-electron chi connectivity index (χ3n) is 5.06. The molecule has 3 rings (SSSR count). The molecule has 2 aromatic rings. The van der Waals surface area contributed by atoms with Crippen molar-refractivity contribution in [2.24, 2.45) is 0 Å². The number of phenolic OH excluding ortho intramolecular Hbond substituents is 1. The van der Waals surface area contributed by atoms with Crippen molar-refractivity contribution in [1.82, 2.24) is 14.5 Å². The van der Waals surface area contributed by atoms with E-state index in [0.717, 1.165) is 37.8 Å². The number of aliphatic hydroxyl groups is 1. The Balaban J connectivity index is 1.82. The van der Waals surface area contributed by atoms with E-state index >= 15 is 0 Å². The molecule has 27 heavy (non-hydrogen) atoms. The van der Waals surface area contributed by atoms with Gasteiger partial charge in [0, 0.05) is 36.6 Å². The summed E-state index contributed by atoms with van der Waals surface area (Å²) in [6, 6.07) is 6.66. The van der Waals surface area contributed by atoms with Gasteiger partial charge in [-0.1, -0.05) is 38.0 Å². The van der Waals surface area contributed by atoms with Gasteiger partial charge in [0.25, 0.3) is 5.91 Å². The van der Waals surface area contributed by atoms with E-state index < -0.39 is 6.04 Å². The Morgan fingerprint density at radius 1 is 1.11 bits per heavy atom. The third kappa shape index (κ3) is 4.15. The number of rotatable bonds is 9. The van der Waals surface area contributed by atoms with Crippen molar-refractivity contribution >= 4 is 5.91 Å². The van der Waals surface area contributed by atoms with Crippen LogP contribution in [0.3, 0.4) is 0 Å². The number of aryl methyl sites for hydroxylation is 1. The van der Waals surface area contributed by atoms with Crippen LogP contribution in [0, 0.1) is 0 Å². The lowest BCUT2D eigenvalue weighted by atomic mass is 9.94. The first-order chi connectivity index (χ1) is 13.1. The van der Waals surface area contributed by atoms with Crippen LogP contribution in [0.15, 0.2) is 54.3 Å². The smallest absolute Gasteiger partial charge is 0.289 e. The minimum absolute atomic E-state index is 0.151. The normalized spacial score (nSPS) is 17.1. The topological polar surface area (TPSA) is 78.6 Å². The van der Waals surface area contributed by atoms with E-state index in [2.05, 4.69) is 11.9 Å². The molecule has 1 amide bonds. The SMILES string of the molecule is CCCCCC1=C(O)C(=O)N(CCCn2ccnc2)C1c1ccccc1O. The predicted molar refractivity (Wildman–Crippen MR) is 103 cm³/mol. The molecular weight excluding hydrogens is 342 g/mol. The lowest BCUT2D eigenvalue weighted by molar-refractivity contribution is -0.129. The highest BCUT2D eigenvalue weighted by molar-refractivity contribution is 5.95. The number of amides is 1. The molecule has 1 atom stereocenters. The first-order valence-electron chi connectivity index (χ1n) is 9.60. The Bertz CT molecular complexity index is 799. The Labute approximate surface area is 159 Å². The molecule has 0 radical (unpaired) electrons. The number of unbranched alkanes of at least 4 members (excludes halogenated alkanes) is 2. The highest BCUT2D eigenvalue weighted by Crippen LogP contribution is 2.42. The molecule has 0 bridgehead atoms. The van der Waals surface area contributed by atoms with Crippen molar-refractivity contribution in [3.8, 4) is 5.75 Å². The maximum Gasteiger partial charge on any atom is 0.289 e. The van der Waals surface area contributed by atoms with Gasteiger partial charge in [0.05, 0.1) is 12.4 Å². The van der Waals surface area contributed by atoms with Gasteiger partial charge in [-0.2, -0.15) is 0 Å². The van der Waals surface area contributed by atoms with E-state index in [1.165, 1.54) is 0 Å². The van der Waals surface area contributed by atoms with E-state index in [0.29, 0.717) is 18.5 Å². The fourth-order valence-corrected chi connectivity index (χ4v) is 3.68. The Morgan fingerprint density at radius 2 is 1.93 bits per heavy atom. The Kier molecular flexibility index (Phi) is 6.16. The van der Waals surface area contributed by atoms with Crippen molar-refractivity contribution in [3.63, 3.8) is 0 Å². The summed E-state index contributed by atoms with van der Waals surface area (Å²) < 4.78 is 1.96. The zero-order chi connectivity index (χ0) is 19.2. The number of imidazole rings is 1. The van der Waals surface area contributed by atoms with Crippen LogP contribution >= 0.6 is 0 Å². The molecule has 0 aliphatic carbocycles. The first-order valence-corrected chi connectivity index (χ1v) is 9.60. The van der Waals surface area contributed by atoms with Crippen LogP contribution in [0.5, 0.6) is 5.75 Å². The average Bonchev–Trinajstić information content (AvgIpc) is 3.26. The number of nitrogens with zero attached hydrogens (tertiary/aromatic N) is 3. The second-order valence-corrected chi connectivity index (χ2v) is 6.94. The van der Waals surface area contributed by atoms with Crippen molar-refractivity contribution in [1.29, 1.82) is 0 Å². The van der Waals surface area contributed by atoms with Gasteiger partial charge in [-0.05, 0) is 25.3 Å². The summed E-state index contributed by atoms with van der Waals surface area (Å²) in [6.45, 7) is 3.36. The summed E-state index contributed by atoms with van der Waals surface area (Å²) in [5.41, 5.74) is 1.39. The van der Waals surface area contributed by atoms with Crippen LogP contribution in [0.4, 0.5) is 0 Å². The number of para-hydroxylation sites is 1. The van der Waals surface area contributed by atoms with Crippen LogP contribution in [0.25, 0.3) is 0 Å². The number of aliphatic hydroxyl groups excluding tert-OH is 1. The maximum atomic E-state index is 12.8. The van der Waals surface area contributed by atoms with Gasteiger partial charge in [-0.3, -0.25) is 4.79 Å². The lowest BCUT2D eigenvalue weighted by Crippen LogP contribution is -2.32. The molecule has 1 unspecified atom stereocenters. The number of hydrogen-bond donors (Lipinski definition) is 2. The van der Waals surface area contributed by atoms with Crippen molar-refractivity contribution in [2.75, 3.05) is 6.54 Å². The van der Waals surface area contributed by atoms with Crippen molar-refractivity contribution in [3.05, 3.63) is 59.9 Å². The average molecular weight is 369 g/mol. The van der Waals surface area contributed by atoms with Gasteiger partial charge in [0.1, 0.15) is 5.75 Å². The minimum Gasteiger partial charge on any atom is -0.508 e. The summed E-state index contributed by atoms with van der Waals surface area (Å²) in [7, 11) is 0. The van der Waals surface area contributed by atoms with Gasteiger partial charge in [-0.25, -0.2) is 4.98 Å². The van der Waals surface area contributed by atoms with Crippen molar-refractivity contribution < 1.29 is 15.0 Å². The summed E-state index contributed by atoms with van der Waals surface area (Å²) in [6.07, 6.45) is 9.78. The highest BCUT2D eigenvalue weighted by Gasteiger charge is 2.40. The number of carbonyl (C=O) groups excluding carboxylic acids is 1. The van der Waals surface area contributed by atoms with Crippen LogP contribution in [-0.2, 0) is 11.3 Å². The molecule has 2 N–H and O–H groups in total. The van der Waals surface area contributed by atoms with Gasteiger partial charge in [0.15, 0.2) is 5.76 Å². The lowest BCUT2D eigenvalue weighted by Gasteiger charge is -2.28. The number of benzene rings is 1. The monoisotopic (exact) mass is 369 g/mol. The Morgan fingerprint density at radius 3 is 2.63 bits per heavy atom. The minimum atomic E-state index is -0.404. The number of carbonyl (C=O) groups is 1. The number of phenols is 1. The van der Waals surface area contributed by atoms with E-state index in [1.807, 2.05) is 22.9 Å². The van der Waals surface area contributed by atoms with Crippen LogP contribution in [0.1, 0.15) is 50.6 Å². The Hall–Kier alpha value is -2.76. The van der Waals surface area contributed by atoms with Crippen LogP contribution in [-0.4, -0.2) is 37.1 Å². The summed E-state index contributed by atoms with van der Waals surface area (Å²) in [5.74, 6) is -0.347. The molecule has 6 nitrogen and oxygen atoms in total. The molecule has 0 saturated carbocycles. The second kappa shape index (κ2) is 8.75. The first kappa shape index (κ1) is 19.0. The second-order valence-electron chi connectivity index (χ2n) is 6.94. The molecule has 1 aliphatic rings. The maximum absolute atomic E-state index is 12.8. The molecular formula is C21H27N3O3. The van der Waals surface area contributed by atoms with Crippen LogP contribution in [0.2, 0.25) is 0 Å². The molecule has 144 valence electrons. The van der Waals surface area contributed by atoms with E-state index in [1.54, 1.807) is 29.6 Å².